The smallest absolute Gasteiger partial charge is 0.239 e. The maximum atomic E-state index is 13.7. The van der Waals surface area contributed by atoms with Gasteiger partial charge in [-0.25, -0.2) is 4.39 Å². The highest BCUT2D eigenvalue weighted by Crippen LogP contribution is 2.20. The summed E-state index contributed by atoms with van der Waals surface area (Å²) in [7, 11) is 1.68. The maximum Gasteiger partial charge on any atom is 0.239 e. The van der Waals surface area contributed by atoms with Gasteiger partial charge in [0.1, 0.15) is 5.82 Å². The molecular weight excluding hydrogens is 309 g/mol. The fraction of sp³-hybridized carbons (Fsp3) is 0.467. The summed E-state index contributed by atoms with van der Waals surface area (Å²) in [6.07, 6.45) is 0. The fourth-order valence-electron chi connectivity index (χ4n) is 1.86. The number of carbonyl (C=O) groups is 2. The first kappa shape index (κ1) is 18.4. The second-order valence-corrected chi connectivity index (χ2v) is 5.78. The monoisotopic (exact) mass is 329 g/mol. The molecule has 0 aliphatic rings. The van der Waals surface area contributed by atoms with Crippen molar-refractivity contribution < 1.29 is 14.0 Å². The Kier molecular flexibility index (Phi) is 7.27. The lowest BCUT2D eigenvalue weighted by atomic mass is 10.2. The van der Waals surface area contributed by atoms with E-state index in [-0.39, 0.29) is 37.5 Å². The minimum Gasteiger partial charge on any atom is -0.352 e. The topological polar surface area (TPSA) is 61.4 Å². The lowest BCUT2D eigenvalue weighted by molar-refractivity contribution is -0.126. The van der Waals surface area contributed by atoms with Crippen LogP contribution in [0.4, 0.5) is 4.39 Å². The molecule has 0 atom stereocenters. The molecule has 0 aliphatic carbocycles. The molecule has 1 rings (SSSR count). The van der Waals surface area contributed by atoms with Gasteiger partial charge in [0.25, 0.3) is 0 Å². The molecule has 0 saturated carbocycles. The third-order valence-electron chi connectivity index (χ3n) is 2.80. The van der Waals surface area contributed by atoms with Crippen molar-refractivity contribution in [1.82, 2.24) is 15.5 Å². The van der Waals surface area contributed by atoms with Gasteiger partial charge < -0.3 is 10.6 Å². The summed E-state index contributed by atoms with van der Waals surface area (Å²) in [5, 5.41) is 5.51. The van der Waals surface area contributed by atoms with E-state index in [2.05, 4.69) is 10.6 Å². The fourth-order valence-corrected chi connectivity index (χ4v) is 2.08. The number of likely N-dealkylation sites (N-methyl/N-ethyl adjacent to an activating group) is 1. The summed E-state index contributed by atoms with van der Waals surface area (Å²) >= 11 is 5.94. The first-order valence-electron chi connectivity index (χ1n) is 6.97. The molecule has 2 amide bonds. The van der Waals surface area contributed by atoms with Crippen molar-refractivity contribution in [2.75, 3.05) is 20.1 Å². The van der Waals surface area contributed by atoms with E-state index in [1.54, 1.807) is 18.0 Å². The van der Waals surface area contributed by atoms with E-state index < -0.39 is 5.82 Å². The minimum atomic E-state index is -0.406. The summed E-state index contributed by atoms with van der Waals surface area (Å²) in [5.74, 6) is -0.965. The average Bonchev–Trinajstić information content (AvgIpc) is 2.40. The van der Waals surface area contributed by atoms with Gasteiger partial charge in [-0.1, -0.05) is 17.7 Å². The Bertz CT molecular complexity index is 517. The van der Waals surface area contributed by atoms with Crippen LogP contribution in [0.2, 0.25) is 5.02 Å². The Hall–Kier alpha value is -1.66. The first-order chi connectivity index (χ1) is 10.3. The van der Waals surface area contributed by atoms with Gasteiger partial charge in [-0.05, 0) is 33.0 Å². The number of hydrogen-bond donors (Lipinski definition) is 2. The lowest BCUT2D eigenvalue weighted by Crippen LogP contribution is -2.42. The molecule has 5 nitrogen and oxygen atoms in total. The van der Waals surface area contributed by atoms with Crippen LogP contribution in [0.25, 0.3) is 0 Å². The normalized spacial score (nSPS) is 10.9. The summed E-state index contributed by atoms with van der Waals surface area (Å²) in [4.78, 5) is 24.8. The SMILES string of the molecule is CC(C)NC(=O)CNC(=O)CN(C)Cc1c(F)cccc1Cl. The molecule has 0 saturated heterocycles. The number of nitrogens with one attached hydrogen (secondary N) is 2. The molecule has 0 heterocycles. The van der Waals surface area contributed by atoms with E-state index in [9.17, 15) is 14.0 Å². The van der Waals surface area contributed by atoms with Gasteiger partial charge in [0.15, 0.2) is 0 Å². The van der Waals surface area contributed by atoms with Crippen molar-refractivity contribution in [3.63, 3.8) is 0 Å². The van der Waals surface area contributed by atoms with Crippen molar-refractivity contribution in [2.45, 2.75) is 26.4 Å². The molecule has 2 N–H and O–H groups in total. The van der Waals surface area contributed by atoms with E-state index in [1.165, 1.54) is 12.1 Å². The Morgan fingerprint density at radius 1 is 1.32 bits per heavy atom. The van der Waals surface area contributed by atoms with Gasteiger partial charge in [0.2, 0.25) is 11.8 Å². The summed E-state index contributed by atoms with van der Waals surface area (Å²) < 4.78 is 13.7. The van der Waals surface area contributed by atoms with Crippen LogP contribution in [-0.4, -0.2) is 42.9 Å². The number of nitrogens with zero attached hydrogens (tertiary/aromatic N) is 1. The molecular formula is C15H21ClFN3O2. The van der Waals surface area contributed by atoms with Crippen LogP contribution in [0.1, 0.15) is 19.4 Å². The predicted molar refractivity (Wildman–Crippen MR) is 84.0 cm³/mol. The molecule has 0 unspecified atom stereocenters. The third-order valence-corrected chi connectivity index (χ3v) is 3.15. The zero-order valence-electron chi connectivity index (χ0n) is 13.0. The molecule has 0 fully saturated rings. The quantitative estimate of drug-likeness (QED) is 0.798. The van der Waals surface area contributed by atoms with Crippen molar-refractivity contribution in [3.05, 3.63) is 34.6 Å². The van der Waals surface area contributed by atoms with Crippen molar-refractivity contribution in [2.24, 2.45) is 0 Å². The number of amides is 2. The first-order valence-corrected chi connectivity index (χ1v) is 7.35. The number of halogens is 2. The van der Waals surface area contributed by atoms with Crippen LogP contribution in [0, 0.1) is 5.82 Å². The highest BCUT2D eigenvalue weighted by atomic mass is 35.5. The van der Waals surface area contributed by atoms with Crippen LogP contribution in [-0.2, 0) is 16.1 Å². The van der Waals surface area contributed by atoms with Gasteiger partial charge in [-0.3, -0.25) is 14.5 Å². The zero-order valence-corrected chi connectivity index (χ0v) is 13.7. The summed E-state index contributed by atoms with van der Waals surface area (Å²) in [6, 6.07) is 4.48. The van der Waals surface area contributed by atoms with E-state index >= 15 is 0 Å². The van der Waals surface area contributed by atoms with Crippen LogP contribution >= 0.6 is 11.6 Å². The Morgan fingerprint density at radius 2 is 2.00 bits per heavy atom. The number of hydrogen-bond acceptors (Lipinski definition) is 3. The van der Waals surface area contributed by atoms with Crippen LogP contribution in [0.3, 0.4) is 0 Å². The van der Waals surface area contributed by atoms with Gasteiger partial charge in [0.05, 0.1) is 13.1 Å². The average molecular weight is 330 g/mol. The molecule has 0 bridgehead atoms. The van der Waals surface area contributed by atoms with Gasteiger partial charge in [0, 0.05) is 23.2 Å². The van der Waals surface area contributed by atoms with Crippen molar-refractivity contribution in [1.29, 1.82) is 0 Å². The molecule has 0 radical (unpaired) electrons. The van der Waals surface area contributed by atoms with Crippen molar-refractivity contribution in [3.8, 4) is 0 Å². The van der Waals surface area contributed by atoms with Gasteiger partial charge in [-0.15, -0.1) is 0 Å². The van der Waals surface area contributed by atoms with E-state index in [0.717, 1.165) is 0 Å². The Balaban J connectivity index is 2.43. The van der Waals surface area contributed by atoms with Crippen LogP contribution in [0.15, 0.2) is 18.2 Å². The second kappa shape index (κ2) is 8.70. The highest BCUT2D eigenvalue weighted by molar-refractivity contribution is 6.31. The minimum absolute atomic E-state index is 0.0234. The lowest BCUT2D eigenvalue weighted by Gasteiger charge is -2.17. The van der Waals surface area contributed by atoms with Crippen LogP contribution < -0.4 is 10.6 Å². The van der Waals surface area contributed by atoms with Crippen molar-refractivity contribution >= 4 is 23.4 Å². The van der Waals surface area contributed by atoms with E-state index in [0.29, 0.717) is 10.6 Å². The Morgan fingerprint density at radius 3 is 2.59 bits per heavy atom. The third kappa shape index (κ3) is 6.41. The van der Waals surface area contributed by atoms with E-state index in [4.69, 9.17) is 11.6 Å². The summed E-state index contributed by atoms with van der Waals surface area (Å²) in [6.45, 7) is 3.85. The number of carbonyl (C=O) groups excluding carboxylic acids is 2. The highest BCUT2D eigenvalue weighted by Gasteiger charge is 2.13. The molecule has 1 aromatic rings. The van der Waals surface area contributed by atoms with Gasteiger partial charge in [-0.2, -0.15) is 0 Å². The maximum absolute atomic E-state index is 13.7. The standard InChI is InChI=1S/C15H21ClFN3O2/c1-10(2)19-14(21)7-18-15(22)9-20(3)8-11-12(16)5-4-6-13(11)17/h4-6,10H,7-9H2,1-3H3,(H,18,22)(H,19,21). The molecule has 0 aliphatic heterocycles. The van der Waals surface area contributed by atoms with Crippen LogP contribution in [0.5, 0.6) is 0 Å². The molecule has 0 spiro atoms. The molecule has 122 valence electrons. The Labute approximate surface area is 134 Å². The zero-order chi connectivity index (χ0) is 16.7. The number of benzene rings is 1. The van der Waals surface area contributed by atoms with E-state index in [1.807, 2.05) is 13.8 Å². The molecule has 0 aromatic heterocycles. The number of rotatable bonds is 7. The van der Waals surface area contributed by atoms with Gasteiger partial charge >= 0.3 is 0 Å². The largest absolute Gasteiger partial charge is 0.352 e. The molecule has 22 heavy (non-hydrogen) atoms. The molecule has 1 aromatic carbocycles. The predicted octanol–water partition coefficient (Wildman–Crippen LogP) is 1.55. The summed E-state index contributed by atoms with van der Waals surface area (Å²) in [5.41, 5.74) is 0.344. The second-order valence-electron chi connectivity index (χ2n) is 5.37. The molecule has 7 heteroatoms.